The Hall–Kier alpha value is -2.50. The Morgan fingerprint density at radius 3 is 2.65 bits per heavy atom. The highest BCUT2D eigenvalue weighted by atomic mass is 16.5. The van der Waals surface area contributed by atoms with Crippen molar-refractivity contribution in [3.05, 3.63) is 41.1 Å². The first-order chi connectivity index (χ1) is 10.9. The zero-order valence-corrected chi connectivity index (χ0v) is 13.8. The molecule has 2 rings (SSSR count). The number of amides is 2. The minimum Gasteiger partial charge on any atom is -0.496 e. The van der Waals surface area contributed by atoms with Crippen molar-refractivity contribution in [2.45, 2.75) is 26.8 Å². The second-order valence-corrected chi connectivity index (χ2v) is 5.80. The normalized spacial score (nSPS) is 17.6. The lowest BCUT2D eigenvalue weighted by molar-refractivity contribution is -0.140. The Bertz CT molecular complexity index is 637. The lowest BCUT2D eigenvalue weighted by Gasteiger charge is -2.29. The van der Waals surface area contributed by atoms with Crippen LogP contribution in [0.1, 0.15) is 32.4 Å². The third-order valence-electron chi connectivity index (χ3n) is 3.49. The van der Waals surface area contributed by atoms with E-state index < -0.39 is 12.0 Å². The largest absolute Gasteiger partial charge is 0.496 e. The molecular weight excluding hydrogens is 296 g/mol. The number of hydrogen-bond donors (Lipinski definition) is 2. The molecule has 0 radical (unpaired) electrons. The fourth-order valence-electron chi connectivity index (χ4n) is 2.42. The molecule has 0 aliphatic carbocycles. The molecule has 0 fully saturated rings. The maximum atomic E-state index is 12.5. The number of urea groups is 1. The smallest absolute Gasteiger partial charge is 0.338 e. The summed E-state index contributed by atoms with van der Waals surface area (Å²) in [5.41, 5.74) is 1.58. The molecule has 1 aliphatic heterocycles. The quantitative estimate of drug-likeness (QED) is 0.818. The van der Waals surface area contributed by atoms with E-state index in [1.54, 1.807) is 20.1 Å². The van der Waals surface area contributed by atoms with E-state index in [0.717, 1.165) is 0 Å². The van der Waals surface area contributed by atoms with Crippen molar-refractivity contribution in [2.24, 2.45) is 5.92 Å². The Balaban J connectivity index is 2.40. The van der Waals surface area contributed by atoms with Gasteiger partial charge in [0.05, 0.1) is 25.3 Å². The SMILES string of the molecule is COc1ccccc1[C@@H]1NC(=O)NC(C)=C1C(=O)OCC(C)C. The van der Waals surface area contributed by atoms with Crippen molar-refractivity contribution >= 4 is 12.0 Å². The molecule has 0 saturated heterocycles. The summed E-state index contributed by atoms with van der Waals surface area (Å²) in [7, 11) is 1.55. The highest BCUT2D eigenvalue weighted by Gasteiger charge is 2.33. The predicted molar refractivity (Wildman–Crippen MR) is 85.9 cm³/mol. The lowest BCUT2D eigenvalue weighted by atomic mass is 9.95. The van der Waals surface area contributed by atoms with Gasteiger partial charge < -0.3 is 20.1 Å². The van der Waals surface area contributed by atoms with Crippen LogP contribution in [0.2, 0.25) is 0 Å². The average molecular weight is 318 g/mol. The predicted octanol–water partition coefficient (Wildman–Crippen LogP) is 2.52. The molecule has 1 atom stereocenters. The molecule has 0 bridgehead atoms. The molecule has 2 amide bonds. The van der Waals surface area contributed by atoms with Gasteiger partial charge in [-0.05, 0) is 18.9 Å². The molecule has 0 saturated carbocycles. The zero-order valence-electron chi connectivity index (χ0n) is 13.8. The van der Waals surface area contributed by atoms with Crippen molar-refractivity contribution in [3.8, 4) is 5.75 Å². The summed E-state index contributed by atoms with van der Waals surface area (Å²) in [4.78, 5) is 24.3. The van der Waals surface area contributed by atoms with E-state index in [-0.39, 0.29) is 11.9 Å². The number of benzene rings is 1. The summed E-state index contributed by atoms with van der Waals surface area (Å²) in [6.45, 7) is 5.94. The standard InChI is InChI=1S/C17H22N2O4/c1-10(2)9-23-16(20)14-11(3)18-17(21)19-15(14)12-7-5-6-8-13(12)22-4/h5-8,10,15H,9H2,1-4H3,(H2,18,19,21)/t15-/m0/s1. The summed E-state index contributed by atoms with van der Waals surface area (Å²) in [6.07, 6.45) is 0. The highest BCUT2D eigenvalue weighted by molar-refractivity contribution is 5.95. The van der Waals surface area contributed by atoms with E-state index in [1.807, 2.05) is 32.0 Å². The first kappa shape index (κ1) is 16.9. The van der Waals surface area contributed by atoms with Gasteiger partial charge in [-0.1, -0.05) is 32.0 Å². The van der Waals surface area contributed by atoms with E-state index >= 15 is 0 Å². The fourth-order valence-corrected chi connectivity index (χ4v) is 2.42. The molecule has 1 aliphatic rings. The number of hydrogen-bond acceptors (Lipinski definition) is 4. The van der Waals surface area contributed by atoms with E-state index in [0.29, 0.717) is 29.2 Å². The third-order valence-corrected chi connectivity index (χ3v) is 3.49. The third kappa shape index (κ3) is 3.83. The summed E-state index contributed by atoms with van der Waals surface area (Å²) in [6, 6.07) is 6.30. The van der Waals surface area contributed by atoms with Gasteiger partial charge in [-0.15, -0.1) is 0 Å². The van der Waals surface area contributed by atoms with Crippen molar-refractivity contribution < 1.29 is 19.1 Å². The molecule has 0 spiro atoms. The van der Waals surface area contributed by atoms with Crippen LogP contribution in [-0.4, -0.2) is 25.7 Å². The van der Waals surface area contributed by atoms with Crippen LogP contribution >= 0.6 is 0 Å². The molecule has 23 heavy (non-hydrogen) atoms. The highest BCUT2D eigenvalue weighted by Crippen LogP contribution is 2.33. The van der Waals surface area contributed by atoms with Crippen LogP contribution in [0.4, 0.5) is 4.79 Å². The maximum Gasteiger partial charge on any atom is 0.338 e. The number of nitrogens with one attached hydrogen (secondary N) is 2. The monoisotopic (exact) mass is 318 g/mol. The number of carbonyl (C=O) groups excluding carboxylic acids is 2. The van der Waals surface area contributed by atoms with Crippen LogP contribution in [0.25, 0.3) is 0 Å². The Kier molecular flexibility index (Phi) is 5.26. The van der Waals surface area contributed by atoms with Crippen LogP contribution in [0, 0.1) is 5.92 Å². The van der Waals surface area contributed by atoms with Gasteiger partial charge in [-0.2, -0.15) is 0 Å². The van der Waals surface area contributed by atoms with E-state index in [4.69, 9.17) is 9.47 Å². The van der Waals surface area contributed by atoms with Gasteiger partial charge in [0.1, 0.15) is 5.75 Å². The minimum atomic E-state index is -0.612. The summed E-state index contributed by atoms with van der Waals surface area (Å²) < 4.78 is 10.7. The molecular formula is C17H22N2O4. The minimum absolute atomic E-state index is 0.232. The second kappa shape index (κ2) is 7.17. The van der Waals surface area contributed by atoms with Crippen LogP contribution in [0.15, 0.2) is 35.5 Å². The van der Waals surface area contributed by atoms with E-state index in [1.165, 1.54) is 0 Å². The molecule has 0 aromatic heterocycles. The van der Waals surface area contributed by atoms with Crippen molar-refractivity contribution in [3.63, 3.8) is 0 Å². The van der Waals surface area contributed by atoms with Gasteiger partial charge in [0.2, 0.25) is 0 Å². The zero-order chi connectivity index (χ0) is 17.0. The number of allylic oxidation sites excluding steroid dienone is 1. The van der Waals surface area contributed by atoms with Crippen LogP contribution in [-0.2, 0) is 9.53 Å². The van der Waals surface area contributed by atoms with Crippen molar-refractivity contribution in [2.75, 3.05) is 13.7 Å². The summed E-state index contributed by atoms with van der Waals surface area (Å²) in [5, 5.41) is 5.39. The number of carbonyl (C=O) groups is 2. The Labute approximate surface area is 135 Å². The fraction of sp³-hybridized carbons (Fsp3) is 0.412. The molecule has 1 heterocycles. The van der Waals surface area contributed by atoms with Crippen molar-refractivity contribution in [1.82, 2.24) is 10.6 Å². The topological polar surface area (TPSA) is 76.7 Å². The van der Waals surface area contributed by atoms with Crippen LogP contribution in [0.5, 0.6) is 5.75 Å². The number of ether oxygens (including phenoxy) is 2. The van der Waals surface area contributed by atoms with Crippen LogP contribution < -0.4 is 15.4 Å². The Morgan fingerprint density at radius 2 is 2.00 bits per heavy atom. The number of esters is 1. The van der Waals surface area contributed by atoms with E-state index in [9.17, 15) is 9.59 Å². The number of para-hydroxylation sites is 1. The first-order valence-corrected chi connectivity index (χ1v) is 7.52. The van der Waals surface area contributed by atoms with Gasteiger partial charge in [-0.25, -0.2) is 9.59 Å². The second-order valence-electron chi connectivity index (χ2n) is 5.80. The molecule has 2 N–H and O–H groups in total. The van der Waals surface area contributed by atoms with E-state index in [2.05, 4.69) is 10.6 Å². The van der Waals surface area contributed by atoms with Crippen molar-refractivity contribution in [1.29, 1.82) is 0 Å². The van der Waals surface area contributed by atoms with Gasteiger partial charge in [0.25, 0.3) is 0 Å². The number of rotatable bonds is 5. The molecule has 0 unspecified atom stereocenters. The average Bonchev–Trinajstić information content (AvgIpc) is 2.51. The van der Waals surface area contributed by atoms with Gasteiger partial charge in [0.15, 0.2) is 0 Å². The lowest BCUT2D eigenvalue weighted by Crippen LogP contribution is -2.45. The van der Waals surface area contributed by atoms with Gasteiger partial charge in [-0.3, -0.25) is 0 Å². The van der Waals surface area contributed by atoms with Gasteiger partial charge in [0, 0.05) is 11.3 Å². The molecule has 6 nitrogen and oxygen atoms in total. The van der Waals surface area contributed by atoms with Crippen LogP contribution in [0.3, 0.4) is 0 Å². The maximum absolute atomic E-state index is 12.5. The molecule has 1 aromatic rings. The Morgan fingerprint density at radius 1 is 1.30 bits per heavy atom. The summed E-state index contributed by atoms with van der Waals surface area (Å²) >= 11 is 0. The number of methoxy groups -OCH3 is 1. The summed E-state index contributed by atoms with van der Waals surface area (Å²) in [5.74, 6) is 0.386. The molecule has 1 aromatic carbocycles. The van der Waals surface area contributed by atoms with Gasteiger partial charge >= 0.3 is 12.0 Å². The molecule has 6 heteroatoms. The first-order valence-electron chi connectivity index (χ1n) is 7.52. The molecule has 124 valence electrons.